The molecule has 21 heavy (non-hydrogen) atoms. The van der Waals surface area contributed by atoms with Crippen molar-refractivity contribution in [1.82, 2.24) is 0 Å². The van der Waals surface area contributed by atoms with Crippen molar-refractivity contribution in [3.05, 3.63) is 29.3 Å². The van der Waals surface area contributed by atoms with Gasteiger partial charge in [-0.3, -0.25) is 0 Å². The molecule has 0 aliphatic heterocycles. The second kappa shape index (κ2) is 4.49. The van der Waals surface area contributed by atoms with Crippen LogP contribution in [0.15, 0.2) is 18.2 Å². The topological polar surface area (TPSA) is 46.5 Å². The Bertz CT molecular complexity index is 590. The molecule has 0 aromatic heterocycles. The van der Waals surface area contributed by atoms with E-state index < -0.39 is 0 Å². The molecule has 3 rings (SSSR count). The van der Waals surface area contributed by atoms with E-state index in [9.17, 15) is 9.90 Å². The fourth-order valence-electron chi connectivity index (χ4n) is 4.29. The summed E-state index contributed by atoms with van der Waals surface area (Å²) in [6.45, 7) is 8.67. The van der Waals surface area contributed by atoms with Crippen LogP contribution in [0.3, 0.4) is 0 Å². The van der Waals surface area contributed by atoms with Crippen molar-refractivity contribution >= 4 is 5.97 Å². The number of rotatable bonds is 2. The molecule has 0 spiro atoms. The summed E-state index contributed by atoms with van der Waals surface area (Å²) in [5.41, 5.74) is 1.54. The fourth-order valence-corrected chi connectivity index (χ4v) is 4.29. The lowest BCUT2D eigenvalue weighted by atomic mass is 9.70. The quantitative estimate of drug-likeness (QED) is 0.834. The lowest BCUT2D eigenvalue weighted by Crippen LogP contribution is -2.38. The first-order valence-electron chi connectivity index (χ1n) is 7.76. The van der Waals surface area contributed by atoms with Crippen LogP contribution < -0.4 is 0 Å². The first kappa shape index (κ1) is 14.4. The molecule has 0 radical (unpaired) electrons. The minimum absolute atomic E-state index is 0.00728. The van der Waals surface area contributed by atoms with Crippen molar-refractivity contribution in [2.75, 3.05) is 0 Å². The normalized spacial score (nSPS) is 33.1. The van der Waals surface area contributed by atoms with Gasteiger partial charge in [0, 0.05) is 5.41 Å². The van der Waals surface area contributed by atoms with Gasteiger partial charge in [-0.05, 0) is 61.3 Å². The molecule has 1 aromatic carbocycles. The molecule has 2 saturated carbocycles. The molecule has 2 fully saturated rings. The largest absolute Gasteiger partial charge is 0.508 e. The number of ether oxygens (including phenoxy) is 1. The van der Waals surface area contributed by atoms with E-state index in [2.05, 4.69) is 20.8 Å². The summed E-state index contributed by atoms with van der Waals surface area (Å²) in [4.78, 5) is 12.4. The third-order valence-corrected chi connectivity index (χ3v) is 6.40. The third kappa shape index (κ3) is 1.97. The zero-order valence-electron chi connectivity index (χ0n) is 13.3. The Balaban J connectivity index is 1.79. The lowest BCUT2D eigenvalue weighted by molar-refractivity contribution is -0.0242. The summed E-state index contributed by atoms with van der Waals surface area (Å²) in [5, 5.41) is 9.55. The Kier molecular flexibility index (Phi) is 3.09. The fraction of sp³-hybridized carbons (Fsp3) is 0.611. The maximum atomic E-state index is 12.4. The second-order valence-corrected chi connectivity index (χ2v) is 7.51. The molecule has 1 N–H and O–H groups in total. The molecule has 3 nitrogen and oxygen atoms in total. The predicted octanol–water partition coefficient (Wildman–Crippen LogP) is 4.07. The summed E-state index contributed by atoms with van der Waals surface area (Å²) in [7, 11) is 0. The standard InChI is InChI=1S/C18H24O3/c1-11-9-12(5-6-14(11)19)16(20)21-15-10-13-7-8-18(15,4)17(13,2)3/h5-6,9,13,15,19H,7-8,10H2,1-4H3. The summed E-state index contributed by atoms with van der Waals surface area (Å²) >= 11 is 0. The summed E-state index contributed by atoms with van der Waals surface area (Å²) in [5.74, 6) is 0.592. The van der Waals surface area contributed by atoms with E-state index in [1.54, 1.807) is 25.1 Å². The number of carbonyl (C=O) groups is 1. The van der Waals surface area contributed by atoms with Gasteiger partial charge in [-0.25, -0.2) is 4.79 Å². The number of aryl methyl sites for hydroxylation is 1. The van der Waals surface area contributed by atoms with Gasteiger partial charge in [0.1, 0.15) is 11.9 Å². The first-order valence-corrected chi connectivity index (χ1v) is 7.76. The Morgan fingerprint density at radius 2 is 2.05 bits per heavy atom. The first-order chi connectivity index (χ1) is 9.75. The minimum atomic E-state index is -0.271. The molecule has 0 heterocycles. The van der Waals surface area contributed by atoms with Crippen LogP contribution in [0, 0.1) is 23.7 Å². The molecule has 3 atom stereocenters. The van der Waals surface area contributed by atoms with E-state index in [0.29, 0.717) is 17.0 Å². The number of benzene rings is 1. The van der Waals surface area contributed by atoms with Crippen LogP contribution in [0.2, 0.25) is 0 Å². The SMILES string of the molecule is Cc1cc(C(=O)OC2CC3CCC2(C)C3(C)C)ccc1O. The molecule has 0 saturated heterocycles. The number of phenols is 1. The van der Waals surface area contributed by atoms with Crippen molar-refractivity contribution in [3.8, 4) is 5.75 Å². The van der Waals surface area contributed by atoms with E-state index in [0.717, 1.165) is 12.8 Å². The smallest absolute Gasteiger partial charge is 0.338 e. The monoisotopic (exact) mass is 288 g/mol. The maximum Gasteiger partial charge on any atom is 0.338 e. The summed E-state index contributed by atoms with van der Waals surface area (Å²) in [6.07, 6.45) is 3.37. The average Bonchev–Trinajstić information content (AvgIpc) is 2.75. The molecular weight excluding hydrogens is 264 g/mol. The Hall–Kier alpha value is -1.51. The van der Waals surface area contributed by atoms with E-state index in [1.807, 2.05) is 0 Å². The van der Waals surface area contributed by atoms with Crippen molar-refractivity contribution in [2.24, 2.45) is 16.7 Å². The molecule has 3 heteroatoms. The number of hydrogen-bond donors (Lipinski definition) is 1. The number of carbonyl (C=O) groups excluding carboxylic acids is 1. The van der Waals surface area contributed by atoms with Crippen molar-refractivity contribution in [1.29, 1.82) is 0 Å². The number of phenolic OH excluding ortho intramolecular Hbond substituents is 1. The highest BCUT2D eigenvalue weighted by molar-refractivity contribution is 5.90. The molecular formula is C18H24O3. The summed E-state index contributed by atoms with van der Waals surface area (Å²) in [6, 6.07) is 4.88. The maximum absolute atomic E-state index is 12.4. The second-order valence-electron chi connectivity index (χ2n) is 7.51. The van der Waals surface area contributed by atoms with Gasteiger partial charge in [0.25, 0.3) is 0 Å². The molecule has 114 valence electrons. The van der Waals surface area contributed by atoms with Gasteiger partial charge in [0.2, 0.25) is 0 Å². The van der Waals surface area contributed by atoms with Crippen molar-refractivity contribution in [2.45, 2.75) is 53.1 Å². The van der Waals surface area contributed by atoms with Gasteiger partial charge in [0.05, 0.1) is 5.56 Å². The van der Waals surface area contributed by atoms with Gasteiger partial charge < -0.3 is 9.84 Å². The third-order valence-electron chi connectivity index (χ3n) is 6.40. The van der Waals surface area contributed by atoms with E-state index in [4.69, 9.17) is 4.74 Å². The van der Waals surface area contributed by atoms with Crippen LogP contribution >= 0.6 is 0 Å². The Morgan fingerprint density at radius 3 is 2.57 bits per heavy atom. The predicted molar refractivity (Wildman–Crippen MR) is 81.3 cm³/mol. The van der Waals surface area contributed by atoms with E-state index in [-0.39, 0.29) is 28.7 Å². The van der Waals surface area contributed by atoms with E-state index in [1.165, 1.54) is 6.42 Å². The number of esters is 1. The highest BCUT2D eigenvalue weighted by Crippen LogP contribution is 2.66. The highest BCUT2D eigenvalue weighted by Gasteiger charge is 2.62. The molecule has 2 aliphatic carbocycles. The number of hydrogen-bond acceptors (Lipinski definition) is 3. The van der Waals surface area contributed by atoms with Crippen LogP contribution in [0.25, 0.3) is 0 Å². The molecule has 0 amide bonds. The number of aromatic hydroxyl groups is 1. The Morgan fingerprint density at radius 1 is 1.33 bits per heavy atom. The van der Waals surface area contributed by atoms with Gasteiger partial charge in [0.15, 0.2) is 0 Å². The van der Waals surface area contributed by atoms with Crippen molar-refractivity contribution < 1.29 is 14.6 Å². The molecule has 3 unspecified atom stereocenters. The number of fused-ring (bicyclic) bond motifs is 2. The molecule has 1 aromatic rings. The van der Waals surface area contributed by atoms with Gasteiger partial charge in [-0.1, -0.05) is 20.8 Å². The molecule has 2 bridgehead atoms. The zero-order chi connectivity index (χ0) is 15.4. The zero-order valence-corrected chi connectivity index (χ0v) is 13.3. The minimum Gasteiger partial charge on any atom is -0.508 e. The van der Waals surface area contributed by atoms with Gasteiger partial charge in [-0.15, -0.1) is 0 Å². The van der Waals surface area contributed by atoms with Crippen LogP contribution in [0.4, 0.5) is 0 Å². The van der Waals surface area contributed by atoms with Crippen LogP contribution in [0.1, 0.15) is 56.0 Å². The average molecular weight is 288 g/mol. The Labute approximate surface area is 126 Å². The van der Waals surface area contributed by atoms with Gasteiger partial charge >= 0.3 is 5.97 Å². The van der Waals surface area contributed by atoms with Crippen molar-refractivity contribution in [3.63, 3.8) is 0 Å². The van der Waals surface area contributed by atoms with Gasteiger partial charge in [-0.2, -0.15) is 0 Å². The van der Waals surface area contributed by atoms with Crippen LogP contribution in [-0.4, -0.2) is 17.2 Å². The summed E-state index contributed by atoms with van der Waals surface area (Å²) < 4.78 is 5.84. The van der Waals surface area contributed by atoms with Crippen LogP contribution in [0.5, 0.6) is 5.75 Å². The van der Waals surface area contributed by atoms with E-state index >= 15 is 0 Å². The lowest BCUT2D eigenvalue weighted by Gasteiger charge is -2.38. The highest BCUT2D eigenvalue weighted by atomic mass is 16.5. The van der Waals surface area contributed by atoms with Crippen LogP contribution in [-0.2, 0) is 4.74 Å². The molecule has 2 aliphatic rings.